The first kappa shape index (κ1) is 57.3. The van der Waals surface area contributed by atoms with Gasteiger partial charge in [0, 0.05) is 19.4 Å². The number of carbonyl (C=O) groups excluding carboxylic acids is 2. The van der Waals surface area contributed by atoms with Crippen LogP contribution in [-0.2, 0) is 32.7 Å². The van der Waals surface area contributed by atoms with Gasteiger partial charge < -0.3 is 45.0 Å². The van der Waals surface area contributed by atoms with Crippen molar-refractivity contribution in [2.45, 2.75) is 191 Å². The Bertz CT molecular complexity index is 1360. The molecule has 0 aromatic heterocycles. The highest BCUT2D eigenvalue weighted by atomic mass is 31.2. The van der Waals surface area contributed by atoms with Gasteiger partial charge in [0.15, 0.2) is 6.10 Å². The van der Waals surface area contributed by atoms with Crippen LogP contribution in [0.5, 0.6) is 0 Å². The van der Waals surface area contributed by atoms with E-state index >= 15 is 0 Å². The molecule has 0 amide bonds. The second-order valence-electron chi connectivity index (χ2n) is 15.6. The molecule has 3 unspecified atom stereocenters. The van der Waals surface area contributed by atoms with E-state index in [1.54, 1.807) is 0 Å². The van der Waals surface area contributed by atoms with E-state index in [1.807, 2.05) is 12.2 Å². The second-order valence-corrected chi connectivity index (χ2v) is 17.0. The minimum atomic E-state index is -5.14. The largest absolute Gasteiger partial charge is 0.472 e. The molecular weight excluding hydrogens is 819 g/mol. The lowest BCUT2D eigenvalue weighted by Crippen LogP contribution is -2.64. The zero-order valence-corrected chi connectivity index (χ0v) is 38.0. The molecule has 0 aromatic rings. The Morgan fingerprint density at radius 3 is 1.47 bits per heavy atom. The van der Waals surface area contributed by atoms with Crippen molar-refractivity contribution in [2.24, 2.45) is 0 Å². The molecule has 14 nitrogen and oxygen atoms in total. The zero-order valence-electron chi connectivity index (χ0n) is 37.1. The summed E-state index contributed by atoms with van der Waals surface area (Å²) in [5, 5.41) is 58.9. The summed E-state index contributed by atoms with van der Waals surface area (Å²) < 4.78 is 33.4. The third kappa shape index (κ3) is 29.6. The Kier molecular flexibility index (Phi) is 34.7. The monoisotopic (exact) mass is 899 g/mol. The van der Waals surface area contributed by atoms with Gasteiger partial charge in [0.25, 0.3) is 0 Å². The van der Waals surface area contributed by atoms with Crippen molar-refractivity contribution in [3.8, 4) is 0 Å². The lowest BCUT2D eigenvalue weighted by atomic mass is 9.85. The number of aliphatic hydroxyl groups is 6. The van der Waals surface area contributed by atoms with Gasteiger partial charge in [0.2, 0.25) is 0 Å². The zero-order chi connectivity index (χ0) is 45.7. The van der Waals surface area contributed by atoms with Crippen molar-refractivity contribution < 1.29 is 68.2 Å². The smallest absolute Gasteiger partial charge is 0.462 e. The summed E-state index contributed by atoms with van der Waals surface area (Å²) >= 11 is 0. The van der Waals surface area contributed by atoms with Crippen molar-refractivity contribution in [1.29, 1.82) is 0 Å². The van der Waals surface area contributed by atoms with Gasteiger partial charge in [-0.15, -0.1) is 0 Å². The Balaban J connectivity index is 2.52. The number of carbonyl (C=O) groups is 2. The minimum Gasteiger partial charge on any atom is -0.462 e. The van der Waals surface area contributed by atoms with E-state index < -0.39 is 75.7 Å². The molecule has 1 fully saturated rings. The normalized spacial score (nSPS) is 22.5. The van der Waals surface area contributed by atoms with E-state index in [2.05, 4.69) is 67.7 Å². The van der Waals surface area contributed by atoms with E-state index in [9.17, 15) is 44.6 Å². The molecule has 0 aromatic carbocycles. The number of esters is 2. The number of phosphoric ester groups is 1. The molecule has 1 aliphatic carbocycles. The summed E-state index contributed by atoms with van der Waals surface area (Å²) in [4.78, 5) is 35.7. The molecule has 7 N–H and O–H groups in total. The van der Waals surface area contributed by atoms with Crippen LogP contribution in [0.2, 0.25) is 0 Å². The number of allylic oxidation sites excluding steroid dienone is 12. The van der Waals surface area contributed by atoms with E-state index in [4.69, 9.17) is 23.6 Å². The fourth-order valence-corrected chi connectivity index (χ4v) is 7.32. The molecule has 0 heterocycles. The molecule has 1 aliphatic rings. The number of rotatable bonds is 37. The molecule has 0 spiro atoms. The fourth-order valence-electron chi connectivity index (χ4n) is 6.35. The summed E-state index contributed by atoms with van der Waals surface area (Å²) in [5.74, 6) is -1.20. The van der Waals surface area contributed by atoms with Crippen LogP contribution >= 0.6 is 7.82 Å². The number of aliphatic hydroxyl groups excluding tert-OH is 6. The summed E-state index contributed by atoms with van der Waals surface area (Å²) in [6.45, 7) is 1.20. The predicted molar refractivity (Wildman–Crippen MR) is 241 cm³/mol. The van der Waals surface area contributed by atoms with Crippen molar-refractivity contribution in [2.75, 3.05) is 19.8 Å². The fraction of sp³-hybridized carbons (Fsp3) is 0.702. The number of ether oxygens (including phenoxy) is 2. The molecule has 0 saturated heterocycles. The average molecular weight is 899 g/mol. The van der Waals surface area contributed by atoms with Crippen molar-refractivity contribution in [3.63, 3.8) is 0 Å². The summed E-state index contributed by atoms with van der Waals surface area (Å²) in [6, 6.07) is 0. The molecule has 15 heteroatoms. The van der Waals surface area contributed by atoms with Crippen molar-refractivity contribution in [1.82, 2.24) is 0 Å². The van der Waals surface area contributed by atoms with Crippen LogP contribution in [0.25, 0.3) is 0 Å². The Morgan fingerprint density at radius 1 is 0.532 bits per heavy atom. The number of phosphoric acid groups is 1. The summed E-state index contributed by atoms with van der Waals surface area (Å²) in [7, 11) is -5.14. The molecule has 62 heavy (non-hydrogen) atoms. The highest BCUT2D eigenvalue weighted by molar-refractivity contribution is 7.47. The third-order valence-corrected chi connectivity index (χ3v) is 11.1. The van der Waals surface area contributed by atoms with E-state index in [1.165, 1.54) is 19.3 Å². The molecule has 356 valence electrons. The first-order valence-electron chi connectivity index (χ1n) is 22.8. The highest BCUT2D eigenvalue weighted by Crippen LogP contribution is 2.47. The number of hydrogen-bond acceptors (Lipinski definition) is 13. The molecule has 8 atom stereocenters. The standard InChI is InChI=1S/C47H79O14P/c1-2-3-4-5-6-7-8-9-13-17-20-23-26-29-32-35-41(50)60-39(38-59-62(56,57)61-47-45(54)43(52)42(51)44(53)46(47)55)37-58-40(49)34-31-28-25-22-19-16-14-11-10-12-15-18-21-24-27-30-33-36-48/h6-7,9-10,12-14,16,18,21-22,25,39,42-48,51-55H,2-5,8,11,15,17,19-20,23-24,26-38H2,1H3,(H,56,57)/b7-6-,12-10-,13-9-,16-14-,21-18-,25-22-/t39-,42?,43-,44+,45-,46-,47?/m1/s1. The molecule has 0 bridgehead atoms. The first-order valence-corrected chi connectivity index (χ1v) is 24.3. The van der Waals surface area contributed by atoms with E-state index in [0.717, 1.165) is 89.9 Å². The molecule has 1 rings (SSSR count). The van der Waals surface area contributed by atoms with E-state index in [-0.39, 0.29) is 19.4 Å². The van der Waals surface area contributed by atoms with Crippen LogP contribution in [0.4, 0.5) is 0 Å². The minimum absolute atomic E-state index is 0.0599. The van der Waals surface area contributed by atoms with Gasteiger partial charge in [-0.1, -0.05) is 118 Å². The van der Waals surface area contributed by atoms with Gasteiger partial charge >= 0.3 is 19.8 Å². The predicted octanol–water partition coefficient (Wildman–Crippen LogP) is 7.69. The highest BCUT2D eigenvalue weighted by Gasteiger charge is 2.51. The van der Waals surface area contributed by atoms with Crippen LogP contribution in [0.15, 0.2) is 72.9 Å². The Labute approximate surface area is 370 Å². The Morgan fingerprint density at radius 2 is 0.952 bits per heavy atom. The summed E-state index contributed by atoms with van der Waals surface area (Å²) in [6.07, 6.45) is 31.1. The maximum atomic E-state index is 12.8. The second kappa shape index (κ2) is 37.6. The first-order chi connectivity index (χ1) is 29.9. The lowest BCUT2D eigenvalue weighted by Gasteiger charge is -2.41. The van der Waals surface area contributed by atoms with E-state index in [0.29, 0.717) is 19.3 Å². The topological polar surface area (TPSA) is 230 Å². The SMILES string of the molecule is CCCCC/C=C\C/C=C\CCCCCCCC(=O)O[C@H](COC(=O)CCC/C=C\C/C=C\C/C=C\C/C=C\CCCCCO)COP(=O)(O)OC1[C@H](O)[C@H](O)C(O)[C@H](O)[C@H]1O. The van der Waals surface area contributed by atoms with Gasteiger partial charge in [-0.25, -0.2) is 4.57 Å². The maximum absolute atomic E-state index is 12.8. The van der Waals surface area contributed by atoms with Gasteiger partial charge in [-0.2, -0.15) is 0 Å². The van der Waals surface area contributed by atoms with Crippen LogP contribution in [-0.4, -0.2) is 110 Å². The van der Waals surface area contributed by atoms with Crippen LogP contribution in [0, 0.1) is 0 Å². The quantitative estimate of drug-likeness (QED) is 0.0137. The maximum Gasteiger partial charge on any atom is 0.472 e. The Hall–Kier alpha value is -2.75. The van der Waals surface area contributed by atoms with Crippen molar-refractivity contribution >= 4 is 19.8 Å². The third-order valence-electron chi connectivity index (χ3n) is 10.1. The summed E-state index contributed by atoms with van der Waals surface area (Å²) in [5.41, 5.74) is 0. The lowest BCUT2D eigenvalue weighted by molar-refractivity contribution is -0.220. The van der Waals surface area contributed by atoms with Crippen LogP contribution < -0.4 is 0 Å². The molecule has 1 saturated carbocycles. The van der Waals surface area contributed by atoms with Crippen molar-refractivity contribution in [3.05, 3.63) is 72.9 Å². The number of unbranched alkanes of at least 4 members (excludes halogenated alkanes) is 12. The van der Waals surface area contributed by atoms with Gasteiger partial charge in [0.05, 0.1) is 6.61 Å². The molecule has 0 aliphatic heterocycles. The van der Waals surface area contributed by atoms with Crippen LogP contribution in [0.3, 0.4) is 0 Å². The van der Waals surface area contributed by atoms with Gasteiger partial charge in [0.1, 0.15) is 43.2 Å². The average Bonchev–Trinajstić information content (AvgIpc) is 3.25. The van der Waals surface area contributed by atoms with Gasteiger partial charge in [-0.3, -0.25) is 18.6 Å². The molecular formula is C47H79O14P. The van der Waals surface area contributed by atoms with Crippen LogP contribution in [0.1, 0.15) is 148 Å². The number of hydrogen-bond donors (Lipinski definition) is 7. The molecule has 0 radical (unpaired) electrons. The van der Waals surface area contributed by atoms with Gasteiger partial charge in [-0.05, 0) is 89.9 Å².